The van der Waals surface area contributed by atoms with Gasteiger partial charge in [-0.05, 0) is 42.5 Å². The third-order valence-electron chi connectivity index (χ3n) is 3.00. The average molecular weight is 356 g/mol. The van der Waals surface area contributed by atoms with Gasteiger partial charge in [-0.2, -0.15) is 0 Å². The van der Waals surface area contributed by atoms with Crippen molar-refractivity contribution in [2.75, 3.05) is 18.9 Å². The fourth-order valence-electron chi connectivity index (χ4n) is 1.82. The van der Waals surface area contributed by atoms with E-state index >= 15 is 0 Å². The first-order chi connectivity index (χ1) is 10.9. The molecule has 0 unspecified atom stereocenters. The van der Waals surface area contributed by atoms with E-state index in [0.717, 1.165) is 0 Å². The van der Waals surface area contributed by atoms with Crippen LogP contribution in [0.2, 0.25) is 5.02 Å². The molecule has 0 fully saturated rings. The number of carbonyl (C=O) groups excluding carboxylic acids is 1. The average Bonchev–Trinajstić information content (AvgIpc) is 2.54. The first-order valence-electron chi connectivity index (χ1n) is 6.42. The molecule has 6 nitrogen and oxygen atoms in total. The molecule has 0 aliphatic carbocycles. The van der Waals surface area contributed by atoms with E-state index in [1.165, 1.54) is 44.6 Å². The molecule has 2 rings (SSSR count). The summed E-state index contributed by atoms with van der Waals surface area (Å²) in [5, 5.41) is 0.0896. The first kappa shape index (κ1) is 17.1. The van der Waals surface area contributed by atoms with E-state index in [-0.39, 0.29) is 21.2 Å². The van der Waals surface area contributed by atoms with Crippen LogP contribution in [0.5, 0.6) is 5.75 Å². The number of ether oxygens (including phenoxy) is 2. The lowest BCUT2D eigenvalue weighted by Gasteiger charge is -2.10. The summed E-state index contributed by atoms with van der Waals surface area (Å²) in [4.78, 5) is 11.5. The van der Waals surface area contributed by atoms with Gasteiger partial charge in [-0.3, -0.25) is 4.72 Å². The molecule has 2 aromatic carbocycles. The Morgan fingerprint density at radius 1 is 1.09 bits per heavy atom. The minimum absolute atomic E-state index is 0.0754. The number of halogens is 1. The van der Waals surface area contributed by atoms with Crippen molar-refractivity contribution in [3.05, 3.63) is 53.1 Å². The molecular weight excluding hydrogens is 342 g/mol. The predicted octanol–water partition coefficient (Wildman–Crippen LogP) is 2.94. The van der Waals surface area contributed by atoms with Crippen molar-refractivity contribution in [3.63, 3.8) is 0 Å². The van der Waals surface area contributed by atoms with Gasteiger partial charge in [0.05, 0.1) is 35.4 Å². The number of anilines is 1. The van der Waals surface area contributed by atoms with Gasteiger partial charge in [0, 0.05) is 0 Å². The number of hydrogen-bond donors (Lipinski definition) is 1. The van der Waals surface area contributed by atoms with E-state index in [0.29, 0.717) is 5.75 Å². The normalized spacial score (nSPS) is 10.9. The van der Waals surface area contributed by atoms with E-state index in [2.05, 4.69) is 9.46 Å². The summed E-state index contributed by atoms with van der Waals surface area (Å²) >= 11 is 5.97. The zero-order chi connectivity index (χ0) is 17.0. The van der Waals surface area contributed by atoms with Crippen molar-refractivity contribution in [3.8, 4) is 5.75 Å². The molecule has 8 heteroatoms. The molecule has 0 heterocycles. The highest BCUT2D eigenvalue weighted by molar-refractivity contribution is 7.92. The Hall–Kier alpha value is -2.25. The summed E-state index contributed by atoms with van der Waals surface area (Å²) in [5.41, 5.74) is 0.389. The largest absolute Gasteiger partial charge is 0.497 e. The zero-order valence-electron chi connectivity index (χ0n) is 12.4. The predicted molar refractivity (Wildman–Crippen MR) is 86.6 cm³/mol. The van der Waals surface area contributed by atoms with Crippen LogP contribution in [0.1, 0.15) is 10.4 Å². The summed E-state index contributed by atoms with van der Waals surface area (Å²) in [6, 6.07) is 10.1. The molecule has 122 valence electrons. The zero-order valence-corrected chi connectivity index (χ0v) is 13.9. The minimum atomic E-state index is -3.77. The van der Waals surface area contributed by atoms with Crippen LogP contribution >= 0.6 is 11.6 Å². The molecule has 1 N–H and O–H groups in total. The highest BCUT2D eigenvalue weighted by Crippen LogP contribution is 2.24. The van der Waals surface area contributed by atoms with Crippen LogP contribution in [0.25, 0.3) is 0 Å². The van der Waals surface area contributed by atoms with Crippen LogP contribution in [-0.4, -0.2) is 28.6 Å². The summed E-state index contributed by atoms with van der Waals surface area (Å²) in [7, 11) is -1.05. The number of methoxy groups -OCH3 is 2. The van der Waals surface area contributed by atoms with Gasteiger partial charge in [-0.15, -0.1) is 0 Å². The lowest BCUT2D eigenvalue weighted by Crippen LogP contribution is -2.13. The molecule has 0 saturated heterocycles. The van der Waals surface area contributed by atoms with Crippen molar-refractivity contribution in [1.82, 2.24) is 0 Å². The van der Waals surface area contributed by atoms with E-state index < -0.39 is 16.0 Å². The first-order valence-corrected chi connectivity index (χ1v) is 8.28. The van der Waals surface area contributed by atoms with Gasteiger partial charge in [-0.1, -0.05) is 11.6 Å². The number of nitrogens with one attached hydrogen (secondary N) is 1. The topological polar surface area (TPSA) is 81.7 Å². The smallest absolute Gasteiger partial charge is 0.339 e. The second-order valence-electron chi connectivity index (χ2n) is 4.47. The van der Waals surface area contributed by atoms with Gasteiger partial charge >= 0.3 is 5.97 Å². The van der Waals surface area contributed by atoms with Crippen LogP contribution < -0.4 is 9.46 Å². The maximum absolute atomic E-state index is 12.3. The lowest BCUT2D eigenvalue weighted by molar-refractivity contribution is 0.0601. The maximum Gasteiger partial charge on any atom is 0.339 e. The molecule has 0 amide bonds. The Morgan fingerprint density at radius 2 is 1.74 bits per heavy atom. The van der Waals surface area contributed by atoms with Crippen LogP contribution in [0, 0.1) is 0 Å². The van der Waals surface area contributed by atoms with E-state index in [9.17, 15) is 13.2 Å². The SMILES string of the molecule is COC(=O)c1ccc(NS(=O)(=O)c2ccc(OC)cc2)cc1Cl. The molecule has 0 saturated carbocycles. The third kappa shape index (κ3) is 3.94. The van der Waals surface area contributed by atoms with E-state index in [1.54, 1.807) is 12.1 Å². The highest BCUT2D eigenvalue weighted by Gasteiger charge is 2.16. The van der Waals surface area contributed by atoms with Crippen molar-refractivity contribution in [1.29, 1.82) is 0 Å². The number of sulfonamides is 1. The van der Waals surface area contributed by atoms with Gasteiger partial charge < -0.3 is 9.47 Å². The molecule has 0 bridgehead atoms. The highest BCUT2D eigenvalue weighted by atomic mass is 35.5. The minimum Gasteiger partial charge on any atom is -0.497 e. The molecule has 0 aromatic heterocycles. The molecule has 0 radical (unpaired) electrons. The Kier molecular flexibility index (Phi) is 5.12. The Morgan fingerprint density at radius 3 is 2.26 bits per heavy atom. The Balaban J connectivity index is 2.26. The second kappa shape index (κ2) is 6.89. The molecule has 0 spiro atoms. The Labute approximate surface area is 139 Å². The van der Waals surface area contributed by atoms with Crippen molar-refractivity contribution in [2.24, 2.45) is 0 Å². The lowest BCUT2D eigenvalue weighted by atomic mass is 10.2. The maximum atomic E-state index is 12.3. The fraction of sp³-hybridized carbons (Fsp3) is 0.133. The summed E-state index contributed by atoms with van der Waals surface area (Å²) in [5.74, 6) is -0.0472. The summed E-state index contributed by atoms with van der Waals surface area (Å²) in [6.07, 6.45) is 0. The van der Waals surface area contributed by atoms with Crippen LogP contribution in [-0.2, 0) is 14.8 Å². The number of hydrogen-bond acceptors (Lipinski definition) is 5. The van der Waals surface area contributed by atoms with Crippen molar-refractivity contribution in [2.45, 2.75) is 4.90 Å². The van der Waals surface area contributed by atoms with E-state index in [1.807, 2.05) is 0 Å². The third-order valence-corrected chi connectivity index (χ3v) is 4.71. The number of rotatable bonds is 5. The second-order valence-corrected chi connectivity index (χ2v) is 6.56. The quantitative estimate of drug-likeness (QED) is 0.834. The van der Waals surface area contributed by atoms with Gasteiger partial charge in [0.2, 0.25) is 0 Å². The molecule has 0 aliphatic rings. The van der Waals surface area contributed by atoms with Crippen LogP contribution in [0.4, 0.5) is 5.69 Å². The molecule has 0 atom stereocenters. The number of benzene rings is 2. The van der Waals surface area contributed by atoms with Gasteiger partial charge in [0.15, 0.2) is 0 Å². The number of carbonyl (C=O) groups is 1. The molecule has 23 heavy (non-hydrogen) atoms. The van der Waals surface area contributed by atoms with Crippen LogP contribution in [0.15, 0.2) is 47.4 Å². The Bertz CT molecular complexity index is 818. The van der Waals surface area contributed by atoms with Crippen molar-refractivity contribution < 1.29 is 22.7 Å². The standard InChI is InChI=1S/C15H14ClNO5S/c1-21-11-4-6-12(7-5-11)23(19,20)17-10-3-8-13(14(16)9-10)15(18)22-2/h3-9,17H,1-2H3. The molecule has 2 aromatic rings. The van der Waals surface area contributed by atoms with Gasteiger partial charge in [0.1, 0.15) is 5.75 Å². The van der Waals surface area contributed by atoms with Crippen LogP contribution in [0.3, 0.4) is 0 Å². The summed E-state index contributed by atoms with van der Waals surface area (Å²) in [6.45, 7) is 0. The summed E-state index contributed by atoms with van der Waals surface area (Å²) < 4.78 is 36.6. The van der Waals surface area contributed by atoms with Gasteiger partial charge in [0.25, 0.3) is 10.0 Å². The number of esters is 1. The molecular formula is C15H14ClNO5S. The van der Waals surface area contributed by atoms with Crippen molar-refractivity contribution >= 4 is 33.3 Å². The monoisotopic (exact) mass is 355 g/mol. The molecule has 0 aliphatic heterocycles. The van der Waals surface area contributed by atoms with Gasteiger partial charge in [-0.25, -0.2) is 13.2 Å². The fourth-order valence-corrected chi connectivity index (χ4v) is 3.13. The van der Waals surface area contributed by atoms with E-state index in [4.69, 9.17) is 16.3 Å².